The van der Waals surface area contributed by atoms with Gasteiger partial charge < -0.3 is 0 Å². The molecule has 0 radical (unpaired) electrons. The number of hydrogen-bond donors (Lipinski definition) is 0. The third-order valence-corrected chi connectivity index (χ3v) is 3.18. The van der Waals surface area contributed by atoms with Gasteiger partial charge in [-0.05, 0) is 60.9 Å². The van der Waals surface area contributed by atoms with E-state index in [4.69, 9.17) is 5.26 Å². The van der Waals surface area contributed by atoms with Crippen molar-refractivity contribution in [3.63, 3.8) is 0 Å². The van der Waals surface area contributed by atoms with Crippen LogP contribution in [0.15, 0.2) is 48.6 Å². The van der Waals surface area contributed by atoms with Gasteiger partial charge in [0, 0.05) is 5.56 Å². The Morgan fingerprint density at radius 1 is 0.958 bits per heavy atom. The molecule has 2 rings (SSSR count). The Kier molecular flexibility index (Phi) is 5.76. The van der Waals surface area contributed by atoms with Crippen LogP contribution in [0.2, 0.25) is 0 Å². The lowest BCUT2D eigenvalue weighted by Gasteiger charge is -2.03. The summed E-state index contributed by atoms with van der Waals surface area (Å²) in [6.07, 6.45) is -1.01. The molecule has 2 aromatic rings. The van der Waals surface area contributed by atoms with Crippen LogP contribution in [0, 0.1) is 34.8 Å². The van der Waals surface area contributed by atoms with E-state index in [0.717, 1.165) is 12.1 Å². The fourth-order valence-corrected chi connectivity index (χ4v) is 2.00. The predicted molar refractivity (Wildman–Crippen MR) is 82.1 cm³/mol. The Morgan fingerprint density at radius 3 is 2.08 bits per heavy atom. The number of benzene rings is 2. The van der Waals surface area contributed by atoms with Crippen LogP contribution in [0.1, 0.15) is 28.7 Å². The van der Waals surface area contributed by atoms with Gasteiger partial charge in [0.15, 0.2) is 0 Å². The minimum atomic E-state index is -1.82. The van der Waals surface area contributed by atoms with Crippen molar-refractivity contribution in [3.05, 3.63) is 82.4 Å². The highest BCUT2D eigenvalue weighted by Gasteiger charge is 2.09. The fourth-order valence-electron chi connectivity index (χ4n) is 2.00. The molecule has 24 heavy (non-hydrogen) atoms. The van der Waals surface area contributed by atoms with Crippen LogP contribution in [-0.2, 0) is 6.42 Å². The summed E-state index contributed by atoms with van der Waals surface area (Å²) in [4.78, 5) is 0. The maximum Gasteiger partial charge on any atom is 0.266 e. The summed E-state index contributed by atoms with van der Waals surface area (Å²) in [6.45, 7) is 0. The van der Waals surface area contributed by atoms with Gasteiger partial charge in [0.05, 0.1) is 17.2 Å². The van der Waals surface area contributed by atoms with Crippen LogP contribution in [-0.4, -0.2) is 0 Å². The Hall–Kier alpha value is -3.05. The first-order chi connectivity index (χ1) is 11.5. The molecule has 0 aliphatic rings. The summed E-state index contributed by atoms with van der Waals surface area (Å²) in [5, 5.41) is 8.70. The molecule has 0 aliphatic heterocycles. The van der Waals surface area contributed by atoms with Crippen LogP contribution in [0.3, 0.4) is 0 Å². The Morgan fingerprint density at radius 2 is 1.54 bits per heavy atom. The third-order valence-electron chi connectivity index (χ3n) is 3.18. The van der Waals surface area contributed by atoms with Crippen molar-refractivity contribution < 1.29 is 17.6 Å². The van der Waals surface area contributed by atoms with Gasteiger partial charge >= 0.3 is 0 Å². The topological polar surface area (TPSA) is 23.8 Å². The summed E-state index contributed by atoms with van der Waals surface area (Å²) in [5.41, 5.74) is 0.878. The summed E-state index contributed by atoms with van der Waals surface area (Å²) in [7, 11) is 0. The maximum absolute atomic E-state index is 14.0. The van der Waals surface area contributed by atoms with E-state index in [9.17, 15) is 17.6 Å². The van der Waals surface area contributed by atoms with Gasteiger partial charge in [-0.1, -0.05) is 11.8 Å². The first-order valence-corrected chi connectivity index (χ1v) is 7.01. The van der Waals surface area contributed by atoms with Crippen molar-refractivity contribution in [3.8, 4) is 17.9 Å². The highest BCUT2D eigenvalue weighted by molar-refractivity contribution is 5.46. The molecule has 0 heterocycles. The van der Waals surface area contributed by atoms with Crippen LogP contribution < -0.4 is 0 Å². The van der Waals surface area contributed by atoms with Gasteiger partial charge in [-0.25, -0.2) is 8.78 Å². The fraction of sp³-hybridized carbons (Fsp3) is 0.105. The second-order valence-electron chi connectivity index (χ2n) is 4.91. The molecule has 1 nitrogen and oxygen atoms in total. The lowest BCUT2D eigenvalue weighted by atomic mass is 10.1. The minimum absolute atomic E-state index is 0.00250. The lowest BCUT2D eigenvalue weighted by molar-refractivity contribution is 0.417. The molecule has 0 N–H and O–H groups in total. The van der Waals surface area contributed by atoms with E-state index in [2.05, 4.69) is 11.8 Å². The minimum Gasteiger partial charge on any atom is -0.206 e. The average molecular weight is 329 g/mol. The zero-order valence-electron chi connectivity index (χ0n) is 12.4. The largest absolute Gasteiger partial charge is 0.266 e. The van der Waals surface area contributed by atoms with E-state index in [1.54, 1.807) is 24.3 Å². The van der Waals surface area contributed by atoms with Gasteiger partial charge in [0.1, 0.15) is 11.6 Å². The highest BCUT2D eigenvalue weighted by atomic mass is 19.3. The zero-order chi connectivity index (χ0) is 17.5. The summed E-state index contributed by atoms with van der Waals surface area (Å²) < 4.78 is 51.8. The monoisotopic (exact) mass is 329 g/mol. The quantitative estimate of drug-likeness (QED) is 0.577. The van der Waals surface area contributed by atoms with E-state index < -0.39 is 17.7 Å². The highest BCUT2D eigenvalue weighted by Crippen LogP contribution is 2.17. The van der Waals surface area contributed by atoms with Crippen molar-refractivity contribution in [2.75, 3.05) is 0 Å². The summed E-state index contributed by atoms with van der Waals surface area (Å²) in [5.74, 6) is 3.37. The molecule has 0 amide bonds. The molecular formula is C19H11F4N. The van der Waals surface area contributed by atoms with Crippen LogP contribution in [0.4, 0.5) is 17.6 Å². The second kappa shape index (κ2) is 7.99. The van der Waals surface area contributed by atoms with Gasteiger partial charge in [-0.3, -0.25) is 0 Å². The third kappa shape index (κ3) is 4.72. The number of nitrogens with zero attached hydrogens (tertiary/aromatic N) is 1. The molecule has 0 aliphatic carbocycles. The van der Waals surface area contributed by atoms with E-state index in [1.165, 1.54) is 0 Å². The van der Waals surface area contributed by atoms with Crippen molar-refractivity contribution in [2.45, 2.75) is 12.8 Å². The SMILES string of the molecule is N#Cc1ccc(C#Cc2c(F)cc(CCC=C(F)F)cc2F)cc1. The summed E-state index contributed by atoms with van der Waals surface area (Å²) in [6, 6.07) is 10.4. The Balaban J connectivity index is 2.21. The van der Waals surface area contributed by atoms with Gasteiger partial charge in [-0.2, -0.15) is 14.0 Å². The standard InChI is InChI=1S/C19H11F4N/c20-17-10-15(2-1-3-19(22)23)11-18(21)16(17)9-8-13-4-6-14(12-24)7-5-13/h3-7,10-11H,1-2H2. The molecule has 0 spiro atoms. The second-order valence-corrected chi connectivity index (χ2v) is 4.91. The Bertz CT molecular complexity index is 838. The maximum atomic E-state index is 14.0. The van der Waals surface area contributed by atoms with Crippen molar-refractivity contribution in [1.82, 2.24) is 0 Å². The number of halogens is 4. The van der Waals surface area contributed by atoms with Gasteiger partial charge in [0.2, 0.25) is 0 Å². The molecule has 0 saturated carbocycles. The Labute approximate surface area is 136 Å². The number of nitriles is 1. The van der Waals surface area contributed by atoms with Crippen molar-refractivity contribution in [2.24, 2.45) is 0 Å². The van der Waals surface area contributed by atoms with Crippen LogP contribution in [0.5, 0.6) is 0 Å². The van der Waals surface area contributed by atoms with Crippen molar-refractivity contribution >= 4 is 0 Å². The molecule has 0 bridgehead atoms. The number of rotatable bonds is 3. The average Bonchev–Trinajstić information content (AvgIpc) is 2.54. The molecule has 0 aromatic heterocycles. The lowest BCUT2D eigenvalue weighted by Crippen LogP contribution is -1.95. The van der Waals surface area contributed by atoms with E-state index in [1.807, 2.05) is 6.07 Å². The molecule has 2 aromatic carbocycles. The molecule has 0 saturated heterocycles. The van der Waals surface area contributed by atoms with Crippen LogP contribution in [0.25, 0.3) is 0 Å². The first kappa shape index (κ1) is 17.3. The van der Waals surface area contributed by atoms with Crippen molar-refractivity contribution in [1.29, 1.82) is 5.26 Å². The van der Waals surface area contributed by atoms with Crippen LogP contribution >= 0.6 is 0 Å². The first-order valence-electron chi connectivity index (χ1n) is 7.01. The summed E-state index contributed by atoms with van der Waals surface area (Å²) >= 11 is 0. The van der Waals surface area contributed by atoms with E-state index in [0.29, 0.717) is 17.2 Å². The molecule has 0 unspecified atom stereocenters. The smallest absolute Gasteiger partial charge is 0.206 e. The molecular weight excluding hydrogens is 318 g/mol. The number of aryl methyl sites for hydroxylation is 1. The molecule has 0 atom stereocenters. The van der Waals surface area contributed by atoms with E-state index >= 15 is 0 Å². The predicted octanol–water partition coefficient (Wildman–Crippen LogP) is 4.95. The molecule has 5 heteroatoms. The van der Waals surface area contributed by atoms with E-state index in [-0.39, 0.29) is 24.0 Å². The zero-order valence-corrected chi connectivity index (χ0v) is 12.4. The normalized spacial score (nSPS) is 9.62. The van der Waals surface area contributed by atoms with Gasteiger partial charge in [0.25, 0.3) is 6.08 Å². The van der Waals surface area contributed by atoms with Gasteiger partial charge in [-0.15, -0.1) is 0 Å². The number of hydrogen-bond acceptors (Lipinski definition) is 1. The number of allylic oxidation sites excluding steroid dienone is 1. The molecule has 0 fully saturated rings. The molecule has 120 valence electrons.